The summed E-state index contributed by atoms with van der Waals surface area (Å²) in [6.07, 6.45) is 4.27. The third-order valence-electron chi connectivity index (χ3n) is 4.71. The van der Waals surface area contributed by atoms with E-state index in [0.29, 0.717) is 36.1 Å². The molecule has 1 N–H and O–H groups in total. The molecule has 6 heteroatoms. The van der Waals surface area contributed by atoms with Crippen LogP contribution in [-0.2, 0) is 14.3 Å². The summed E-state index contributed by atoms with van der Waals surface area (Å²) in [6.45, 7) is 9.18. The van der Waals surface area contributed by atoms with E-state index in [9.17, 15) is 9.59 Å². The number of amides is 1. The maximum atomic E-state index is 13.0. The van der Waals surface area contributed by atoms with E-state index in [4.69, 9.17) is 14.2 Å². The molecule has 0 heterocycles. The molecular weight excluding hydrogens is 358 g/mol. The molecule has 0 unspecified atom stereocenters. The van der Waals surface area contributed by atoms with E-state index in [1.807, 2.05) is 20.8 Å². The van der Waals surface area contributed by atoms with E-state index in [-0.39, 0.29) is 12.5 Å². The number of carbonyl (C=O) groups excluding carboxylic acids is 2. The first-order valence-corrected chi connectivity index (χ1v) is 10.3. The van der Waals surface area contributed by atoms with Gasteiger partial charge in [0, 0.05) is 12.3 Å². The van der Waals surface area contributed by atoms with Crippen molar-refractivity contribution in [3.63, 3.8) is 0 Å². The molecule has 0 atom stereocenters. The van der Waals surface area contributed by atoms with Crippen molar-refractivity contribution in [3.05, 3.63) is 23.8 Å². The van der Waals surface area contributed by atoms with Crippen LogP contribution in [-0.4, -0.2) is 37.3 Å². The van der Waals surface area contributed by atoms with Crippen LogP contribution in [0.25, 0.3) is 0 Å². The molecule has 0 aromatic heterocycles. The predicted molar refractivity (Wildman–Crippen MR) is 109 cm³/mol. The first-order chi connectivity index (χ1) is 13.4. The Morgan fingerprint density at radius 1 is 1.18 bits per heavy atom. The van der Waals surface area contributed by atoms with Crippen LogP contribution in [0.15, 0.2) is 18.2 Å². The van der Waals surface area contributed by atoms with Gasteiger partial charge in [-0.25, -0.2) is 4.79 Å². The minimum atomic E-state index is -0.771. The lowest BCUT2D eigenvalue weighted by atomic mass is 10.0. The molecule has 1 fully saturated rings. The SMILES string of the molecule is CCCOC1(C(=O)Nc2ccc(OCC(C)C)c(C(=O)OCC)c2)CCCC1. The number of anilines is 1. The van der Waals surface area contributed by atoms with Gasteiger partial charge in [-0.1, -0.05) is 20.8 Å². The first-order valence-electron chi connectivity index (χ1n) is 10.3. The molecular formula is C22H33NO5. The largest absolute Gasteiger partial charge is 0.492 e. The molecule has 0 saturated heterocycles. The van der Waals surface area contributed by atoms with Gasteiger partial charge >= 0.3 is 5.97 Å². The normalized spacial score (nSPS) is 15.5. The van der Waals surface area contributed by atoms with Crippen LogP contribution in [0.3, 0.4) is 0 Å². The molecule has 0 aliphatic heterocycles. The van der Waals surface area contributed by atoms with Gasteiger partial charge in [-0.2, -0.15) is 0 Å². The summed E-state index contributed by atoms with van der Waals surface area (Å²) >= 11 is 0. The van der Waals surface area contributed by atoms with Gasteiger partial charge in [0.25, 0.3) is 5.91 Å². The zero-order chi connectivity index (χ0) is 20.6. The van der Waals surface area contributed by atoms with Gasteiger partial charge in [-0.05, 0) is 63.1 Å². The molecule has 1 aromatic rings. The van der Waals surface area contributed by atoms with Crippen LogP contribution in [0.5, 0.6) is 5.75 Å². The van der Waals surface area contributed by atoms with Crippen LogP contribution in [0.4, 0.5) is 5.69 Å². The topological polar surface area (TPSA) is 73.9 Å². The number of rotatable bonds is 10. The second-order valence-electron chi connectivity index (χ2n) is 7.64. The van der Waals surface area contributed by atoms with Crippen molar-refractivity contribution in [3.8, 4) is 5.75 Å². The Labute approximate surface area is 167 Å². The van der Waals surface area contributed by atoms with Crippen LogP contribution in [0.2, 0.25) is 0 Å². The van der Waals surface area contributed by atoms with Crippen LogP contribution >= 0.6 is 0 Å². The third kappa shape index (κ3) is 5.71. The fourth-order valence-electron chi connectivity index (χ4n) is 3.28. The minimum absolute atomic E-state index is 0.149. The minimum Gasteiger partial charge on any atom is -0.492 e. The Bertz CT molecular complexity index is 665. The van der Waals surface area contributed by atoms with Gasteiger partial charge in [0.05, 0.1) is 13.2 Å². The smallest absolute Gasteiger partial charge is 0.341 e. The summed E-state index contributed by atoms with van der Waals surface area (Å²) < 4.78 is 16.9. The Balaban J connectivity index is 2.21. The fraction of sp³-hybridized carbons (Fsp3) is 0.636. The van der Waals surface area contributed by atoms with Crippen LogP contribution < -0.4 is 10.1 Å². The molecule has 28 heavy (non-hydrogen) atoms. The number of carbonyl (C=O) groups is 2. The maximum Gasteiger partial charge on any atom is 0.341 e. The summed E-state index contributed by atoms with van der Waals surface area (Å²) in [5, 5.41) is 2.94. The van der Waals surface area contributed by atoms with Crippen molar-refractivity contribution in [2.24, 2.45) is 5.92 Å². The molecule has 1 aliphatic rings. The lowest BCUT2D eigenvalue weighted by Crippen LogP contribution is -2.43. The number of nitrogens with one attached hydrogen (secondary N) is 1. The predicted octanol–water partition coefficient (Wildman–Crippen LogP) is 4.58. The lowest BCUT2D eigenvalue weighted by Gasteiger charge is -2.28. The van der Waals surface area contributed by atoms with Gasteiger partial charge in [0.15, 0.2) is 0 Å². The highest BCUT2D eigenvalue weighted by molar-refractivity contribution is 6.00. The van der Waals surface area contributed by atoms with Crippen LogP contribution in [0, 0.1) is 5.92 Å². The standard InChI is InChI=1S/C22H33NO5/c1-5-13-28-22(11-7-8-12-22)21(25)23-17-9-10-19(27-15-16(3)4)18(14-17)20(24)26-6-2/h9-10,14,16H,5-8,11-13,15H2,1-4H3,(H,23,25). The van der Waals surface area contributed by atoms with Gasteiger partial charge in [-0.3, -0.25) is 4.79 Å². The van der Waals surface area contributed by atoms with E-state index in [2.05, 4.69) is 5.32 Å². The molecule has 2 rings (SSSR count). The van der Waals surface area contributed by atoms with Gasteiger partial charge < -0.3 is 19.5 Å². The Morgan fingerprint density at radius 2 is 1.89 bits per heavy atom. The summed E-state index contributed by atoms with van der Waals surface area (Å²) in [6, 6.07) is 5.07. The van der Waals surface area contributed by atoms with Crippen molar-refractivity contribution < 1.29 is 23.8 Å². The van der Waals surface area contributed by atoms with Gasteiger partial charge in [-0.15, -0.1) is 0 Å². The second-order valence-corrected chi connectivity index (χ2v) is 7.64. The quantitative estimate of drug-likeness (QED) is 0.591. The maximum absolute atomic E-state index is 13.0. The average molecular weight is 392 g/mol. The lowest BCUT2D eigenvalue weighted by molar-refractivity contribution is -0.140. The fourth-order valence-corrected chi connectivity index (χ4v) is 3.28. The number of esters is 1. The van der Waals surface area contributed by atoms with Gasteiger partial charge in [0.2, 0.25) is 0 Å². The van der Waals surface area contributed by atoms with E-state index in [0.717, 1.165) is 32.1 Å². The Kier molecular flexibility index (Phi) is 8.30. The zero-order valence-electron chi connectivity index (χ0n) is 17.5. The number of ether oxygens (including phenoxy) is 3. The number of benzene rings is 1. The molecule has 1 aromatic carbocycles. The van der Waals surface area contributed by atoms with Crippen molar-refractivity contribution in [1.29, 1.82) is 0 Å². The van der Waals surface area contributed by atoms with Crippen molar-refractivity contribution >= 4 is 17.6 Å². The molecule has 0 spiro atoms. The molecule has 1 saturated carbocycles. The summed E-state index contributed by atoms with van der Waals surface area (Å²) in [4.78, 5) is 25.3. The number of hydrogen-bond donors (Lipinski definition) is 1. The molecule has 156 valence electrons. The first kappa shape index (κ1) is 22.2. The second kappa shape index (κ2) is 10.5. The molecule has 0 radical (unpaired) electrons. The highest BCUT2D eigenvalue weighted by atomic mass is 16.5. The van der Waals surface area contributed by atoms with Crippen LogP contribution in [0.1, 0.15) is 70.2 Å². The molecule has 6 nitrogen and oxygen atoms in total. The third-order valence-corrected chi connectivity index (χ3v) is 4.71. The van der Waals surface area contributed by atoms with E-state index in [1.165, 1.54) is 0 Å². The highest BCUT2D eigenvalue weighted by Gasteiger charge is 2.42. The Hall–Kier alpha value is -2.08. The average Bonchev–Trinajstić information content (AvgIpc) is 3.15. The monoisotopic (exact) mass is 391 g/mol. The highest BCUT2D eigenvalue weighted by Crippen LogP contribution is 2.35. The van der Waals surface area contributed by atoms with E-state index in [1.54, 1.807) is 25.1 Å². The zero-order valence-corrected chi connectivity index (χ0v) is 17.5. The summed E-state index contributed by atoms with van der Waals surface area (Å²) in [5.74, 6) is 0.176. The Morgan fingerprint density at radius 3 is 2.50 bits per heavy atom. The summed E-state index contributed by atoms with van der Waals surface area (Å²) in [5.41, 5.74) is 0.0824. The number of hydrogen-bond acceptors (Lipinski definition) is 5. The molecule has 1 amide bonds. The van der Waals surface area contributed by atoms with Crippen molar-refractivity contribution in [2.75, 3.05) is 25.1 Å². The summed E-state index contributed by atoms with van der Waals surface area (Å²) in [7, 11) is 0. The molecule has 1 aliphatic carbocycles. The van der Waals surface area contributed by atoms with E-state index >= 15 is 0 Å². The van der Waals surface area contributed by atoms with E-state index < -0.39 is 11.6 Å². The van der Waals surface area contributed by atoms with Crippen molar-refractivity contribution in [2.45, 2.75) is 65.4 Å². The molecule has 0 bridgehead atoms. The van der Waals surface area contributed by atoms with Crippen molar-refractivity contribution in [1.82, 2.24) is 0 Å². The van der Waals surface area contributed by atoms with Gasteiger partial charge in [0.1, 0.15) is 16.9 Å².